The summed E-state index contributed by atoms with van der Waals surface area (Å²) in [7, 11) is -1.49. The smallest absolute Gasteiger partial charge is 0.0799 e. The highest BCUT2D eigenvalue weighted by atomic mass is 28.3. The SMILES string of the molecule is CC(C)Cc1cc(-c2ccc(-n3c4ccccc4c4ccccc43)c3ccccc23)ncc1[Si](C)(C)C. The number of hydrogen-bond acceptors (Lipinski definition) is 1. The third-order valence-electron chi connectivity index (χ3n) is 7.42. The molecule has 0 aliphatic heterocycles. The van der Waals surface area contributed by atoms with E-state index < -0.39 is 8.07 Å². The fourth-order valence-electron chi connectivity index (χ4n) is 5.81. The van der Waals surface area contributed by atoms with Gasteiger partial charge in [-0.25, -0.2) is 0 Å². The van der Waals surface area contributed by atoms with Gasteiger partial charge in [0.25, 0.3) is 0 Å². The summed E-state index contributed by atoms with van der Waals surface area (Å²) >= 11 is 0. The number of benzene rings is 4. The van der Waals surface area contributed by atoms with Gasteiger partial charge in [0.05, 0.1) is 30.5 Å². The second-order valence-corrected chi connectivity index (χ2v) is 16.7. The Morgan fingerprint density at radius 3 is 1.86 bits per heavy atom. The predicted molar refractivity (Wildman–Crippen MR) is 163 cm³/mol. The van der Waals surface area contributed by atoms with E-state index >= 15 is 0 Å². The van der Waals surface area contributed by atoms with Gasteiger partial charge in [0.2, 0.25) is 0 Å². The van der Waals surface area contributed by atoms with Crippen LogP contribution >= 0.6 is 0 Å². The lowest BCUT2D eigenvalue weighted by atomic mass is 9.97. The maximum Gasteiger partial charge on any atom is 0.0799 e. The average Bonchev–Trinajstić information content (AvgIpc) is 3.21. The molecule has 2 heterocycles. The molecular weight excluding hydrogens is 464 g/mol. The average molecular weight is 499 g/mol. The molecule has 0 aliphatic carbocycles. The predicted octanol–water partition coefficient (Wildman–Crippen LogP) is 8.74. The highest BCUT2D eigenvalue weighted by Crippen LogP contribution is 2.37. The number of pyridine rings is 1. The first kappa shape index (κ1) is 23.7. The summed E-state index contributed by atoms with van der Waals surface area (Å²) in [5.74, 6) is 0.611. The molecule has 2 aromatic heterocycles. The number of rotatable bonds is 5. The first-order valence-electron chi connectivity index (χ1n) is 13.3. The first-order valence-corrected chi connectivity index (χ1v) is 16.8. The van der Waals surface area contributed by atoms with Gasteiger partial charge in [0.1, 0.15) is 0 Å². The largest absolute Gasteiger partial charge is 0.309 e. The number of para-hydroxylation sites is 2. The summed E-state index contributed by atoms with van der Waals surface area (Å²) in [6, 6.07) is 33.2. The van der Waals surface area contributed by atoms with E-state index in [4.69, 9.17) is 4.98 Å². The molecule has 0 unspecified atom stereocenters. The third-order valence-corrected chi connectivity index (χ3v) is 9.49. The summed E-state index contributed by atoms with van der Waals surface area (Å²) in [6.07, 6.45) is 3.27. The van der Waals surface area contributed by atoms with Crippen LogP contribution in [0.25, 0.3) is 49.5 Å². The van der Waals surface area contributed by atoms with Crippen molar-refractivity contribution < 1.29 is 0 Å². The molecule has 0 aliphatic rings. The molecule has 0 radical (unpaired) electrons. The molecule has 4 aromatic carbocycles. The van der Waals surface area contributed by atoms with E-state index in [1.54, 1.807) is 0 Å². The summed E-state index contributed by atoms with van der Waals surface area (Å²) in [4.78, 5) is 5.05. The van der Waals surface area contributed by atoms with Crippen LogP contribution in [0.2, 0.25) is 19.6 Å². The van der Waals surface area contributed by atoms with Crippen LogP contribution in [-0.2, 0) is 6.42 Å². The first-order chi connectivity index (χ1) is 17.8. The van der Waals surface area contributed by atoms with Gasteiger partial charge < -0.3 is 4.57 Å². The molecular formula is C34H34N2Si. The Kier molecular flexibility index (Phi) is 5.76. The molecule has 0 saturated heterocycles. The van der Waals surface area contributed by atoms with Crippen molar-refractivity contribution in [3.63, 3.8) is 0 Å². The Bertz CT molecular complexity index is 1720. The Morgan fingerprint density at radius 2 is 1.27 bits per heavy atom. The Balaban J connectivity index is 1.60. The van der Waals surface area contributed by atoms with Crippen molar-refractivity contribution in [3.05, 3.63) is 103 Å². The van der Waals surface area contributed by atoms with Gasteiger partial charge in [-0.15, -0.1) is 0 Å². The Labute approximate surface area is 220 Å². The number of nitrogens with zero attached hydrogens (tertiary/aromatic N) is 2. The monoisotopic (exact) mass is 498 g/mol. The summed E-state index contributed by atoms with van der Waals surface area (Å²) in [5.41, 5.74) is 7.42. The molecule has 37 heavy (non-hydrogen) atoms. The lowest BCUT2D eigenvalue weighted by Gasteiger charge is -2.23. The summed E-state index contributed by atoms with van der Waals surface area (Å²) in [6.45, 7) is 11.9. The van der Waals surface area contributed by atoms with E-state index in [0.29, 0.717) is 5.92 Å². The lowest BCUT2D eigenvalue weighted by molar-refractivity contribution is 0.649. The van der Waals surface area contributed by atoms with Crippen LogP contribution in [0.3, 0.4) is 0 Å². The van der Waals surface area contributed by atoms with E-state index in [-0.39, 0.29) is 0 Å². The van der Waals surface area contributed by atoms with Gasteiger partial charge in [0.15, 0.2) is 0 Å². The van der Waals surface area contributed by atoms with Crippen molar-refractivity contribution in [1.82, 2.24) is 9.55 Å². The highest BCUT2D eigenvalue weighted by Gasteiger charge is 2.22. The van der Waals surface area contributed by atoms with E-state index in [1.165, 1.54) is 54.6 Å². The molecule has 184 valence electrons. The Hall–Kier alpha value is -3.69. The van der Waals surface area contributed by atoms with Crippen LogP contribution < -0.4 is 5.19 Å². The standard InChI is InChI=1S/C34H34N2Si/c1-23(2)20-24-21-30(35-22-34(24)37(3,4)5)26-18-19-33(27-13-7-6-12-25(26)27)36-31-16-10-8-14-28(31)29-15-9-11-17-32(29)36/h6-19,21-23H,20H2,1-5H3. The van der Waals surface area contributed by atoms with Crippen molar-refractivity contribution in [3.8, 4) is 16.9 Å². The molecule has 0 atom stereocenters. The molecule has 0 spiro atoms. The zero-order chi connectivity index (χ0) is 25.7. The summed E-state index contributed by atoms with van der Waals surface area (Å²) < 4.78 is 2.42. The van der Waals surface area contributed by atoms with E-state index in [1.807, 2.05) is 0 Å². The molecule has 3 heteroatoms. The molecule has 2 nitrogen and oxygen atoms in total. The van der Waals surface area contributed by atoms with Gasteiger partial charge in [-0.2, -0.15) is 0 Å². The van der Waals surface area contributed by atoms with Crippen LogP contribution in [0.1, 0.15) is 19.4 Å². The number of hydrogen-bond donors (Lipinski definition) is 0. The molecule has 6 aromatic rings. The minimum atomic E-state index is -1.49. The molecule has 0 saturated carbocycles. The third kappa shape index (κ3) is 4.08. The fraction of sp³-hybridized carbons (Fsp3) is 0.206. The fourth-order valence-corrected chi connectivity index (χ4v) is 7.40. The maximum atomic E-state index is 5.05. The highest BCUT2D eigenvalue weighted by molar-refractivity contribution is 6.89. The zero-order valence-electron chi connectivity index (χ0n) is 22.4. The molecule has 0 amide bonds. The summed E-state index contributed by atoms with van der Waals surface area (Å²) in [5, 5.41) is 6.54. The topological polar surface area (TPSA) is 17.8 Å². The van der Waals surface area contributed by atoms with Gasteiger partial charge in [0, 0.05) is 27.9 Å². The van der Waals surface area contributed by atoms with Crippen LogP contribution in [0, 0.1) is 5.92 Å². The molecule has 0 N–H and O–H groups in total. The quantitative estimate of drug-likeness (QED) is 0.217. The van der Waals surface area contributed by atoms with E-state index in [2.05, 4.69) is 135 Å². The molecule has 6 rings (SSSR count). The number of aromatic nitrogens is 2. The molecule has 0 fully saturated rings. The normalized spacial score (nSPS) is 12.3. The van der Waals surface area contributed by atoms with Crippen molar-refractivity contribution >= 4 is 45.8 Å². The van der Waals surface area contributed by atoms with Crippen molar-refractivity contribution in [2.24, 2.45) is 5.92 Å². The van der Waals surface area contributed by atoms with Crippen LogP contribution in [0.4, 0.5) is 0 Å². The van der Waals surface area contributed by atoms with Crippen LogP contribution in [-0.4, -0.2) is 17.6 Å². The van der Waals surface area contributed by atoms with Gasteiger partial charge in [-0.1, -0.05) is 100 Å². The minimum absolute atomic E-state index is 0.611. The molecule has 0 bridgehead atoms. The lowest BCUT2D eigenvalue weighted by Crippen LogP contribution is -2.40. The van der Waals surface area contributed by atoms with Crippen LogP contribution in [0.15, 0.2) is 97.2 Å². The van der Waals surface area contributed by atoms with Gasteiger partial charge >= 0.3 is 0 Å². The Morgan fingerprint density at radius 1 is 0.703 bits per heavy atom. The second kappa shape index (κ2) is 9.00. The number of fused-ring (bicyclic) bond motifs is 4. The van der Waals surface area contributed by atoms with Crippen molar-refractivity contribution in [2.45, 2.75) is 39.9 Å². The van der Waals surface area contributed by atoms with Gasteiger partial charge in [-0.05, 0) is 52.7 Å². The van der Waals surface area contributed by atoms with E-state index in [0.717, 1.165) is 12.1 Å². The van der Waals surface area contributed by atoms with E-state index in [9.17, 15) is 0 Å². The van der Waals surface area contributed by atoms with Crippen molar-refractivity contribution in [1.29, 1.82) is 0 Å². The van der Waals surface area contributed by atoms with Gasteiger partial charge in [-0.3, -0.25) is 4.98 Å². The van der Waals surface area contributed by atoms with Crippen molar-refractivity contribution in [2.75, 3.05) is 0 Å². The maximum absolute atomic E-state index is 5.05. The zero-order valence-corrected chi connectivity index (χ0v) is 23.4. The van der Waals surface area contributed by atoms with Crippen LogP contribution in [0.5, 0.6) is 0 Å². The second-order valence-electron chi connectivity index (χ2n) is 11.6. The minimum Gasteiger partial charge on any atom is -0.309 e.